The third-order valence-electron chi connectivity index (χ3n) is 2.21. The summed E-state index contributed by atoms with van der Waals surface area (Å²) < 4.78 is 19.5. The number of nitrogens with two attached hydrogens (primary N) is 1. The predicted molar refractivity (Wildman–Crippen MR) is 67.6 cm³/mol. The lowest BCUT2D eigenvalue weighted by atomic mass is 10.3. The molecule has 0 saturated heterocycles. The van der Waals surface area contributed by atoms with Crippen molar-refractivity contribution < 1.29 is 9.13 Å². The Morgan fingerprint density at radius 3 is 2.71 bits per heavy atom. The van der Waals surface area contributed by atoms with Gasteiger partial charge in [0.05, 0.1) is 11.4 Å². The molecule has 0 aliphatic carbocycles. The lowest BCUT2D eigenvalue weighted by Crippen LogP contribution is -1.96. The van der Waals surface area contributed by atoms with E-state index in [4.69, 9.17) is 10.5 Å². The number of aryl methyl sites for hydroxylation is 1. The molecule has 0 amide bonds. The highest BCUT2D eigenvalue weighted by Gasteiger charge is 2.07. The molecule has 0 aliphatic rings. The molecule has 5 heteroatoms. The van der Waals surface area contributed by atoms with E-state index in [0.29, 0.717) is 21.7 Å². The van der Waals surface area contributed by atoms with Gasteiger partial charge in [0.1, 0.15) is 0 Å². The molecule has 0 radical (unpaired) electrons. The molecular weight excluding hydrogens is 287 g/mol. The minimum Gasteiger partial charge on any atom is -0.436 e. The van der Waals surface area contributed by atoms with Gasteiger partial charge in [0.25, 0.3) is 0 Å². The number of anilines is 1. The van der Waals surface area contributed by atoms with Crippen LogP contribution in [0.1, 0.15) is 5.69 Å². The number of nitrogens with zero attached hydrogens (tertiary/aromatic N) is 1. The minimum atomic E-state index is -0.448. The molecule has 3 nitrogen and oxygen atoms in total. The highest BCUT2D eigenvalue weighted by molar-refractivity contribution is 9.10. The maximum atomic E-state index is 13.5. The van der Waals surface area contributed by atoms with Crippen LogP contribution >= 0.6 is 15.9 Å². The Kier molecular flexibility index (Phi) is 3.28. The van der Waals surface area contributed by atoms with Crippen molar-refractivity contribution in [1.29, 1.82) is 0 Å². The largest absolute Gasteiger partial charge is 0.436 e. The second-order valence-electron chi connectivity index (χ2n) is 3.50. The van der Waals surface area contributed by atoms with E-state index in [1.54, 1.807) is 25.1 Å². The minimum absolute atomic E-state index is 0.130. The summed E-state index contributed by atoms with van der Waals surface area (Å²) in [4.78, 5) is 4.11. The molecule has 2 N–H and O–H groups in total. The van der Waals surface area contributed by atoms with Crippen molar-refractivity contribution >= 4 is 21.6 Å². The third kappa shape index (κ3) is 2.74. The van der Waals surface area contributed by atoms with Crippen LogP contribution in [0.4, 0.5) is 10.1 Å². The average Bonchev–Trinajstić information content (AvgIpc) is 2.27. The molecule has 0 spiro atoms. The number of ether oxygens (including phenoxy) is 1. The summed E-state index contributed by atoms with van der Waals surface area (Å²) in [6.45, 7) is 1.76. The van der Waals surface area contributed by atoms with Crippen molar-refractivity contribution in [3.63, 3.8) is 0 Å². The number of halogens is 2. The van der Waals surface area contributed by atoms with E-state index < -0.39 is 5.82 Å². The van der Waals surface area contributed by atoms with Crippen LogP contribution in [0.25, 0.3) is 0 Å². The van der Waals surface area contributed by atoms with Crippen LogP contribution in [0, 0.1) is 12.7 Å². The Labute approximate surface area is 107 Å². The number of pyridine rings is 1. The van der Waals surface area contributed by atoms with Crippen molar-refractivity contribution in [2.75, 3.05) is 5.73 Å². The maximum absolute atomic E-state index is 13.5. The smallest absolute Gasteiger partial charge is 0.219 e. The molecule has 1 heterocycles. The van der Waals surface area contributed by atoms with Crippen LogP contribution in [-0.4, -0.2) is 4.98 Å². The second kappa shape index (κ2) is 4.71. The molecule has 0 unspecified atom stereocenters. The van der Waals surface area contributed by atoms with Crippen molar-refractivity contribution in [2.45, 2.75) is 6.92 Å². The summed E-state index contributed by atoms with van der Waals surface area (Å²) >= 11 is 3.18. The third-order valence-corrected chi connectivity index (χ3v) is 2.70. The molecule has 88 valence electrons. The van der Waals surface area contributed by atoms with Gasteiger partial charge in [-0.25, -0.2) is 9.37 Å². The molecule has 1 aromatic carbocycles. The Balaban J connectivity index is 2.28. The van der Waals surface area contributed by atoms with Crippen molar-refractivity contribution in [1.82, 2.24) is 4.98 Å². The topological polar surface area (TPSA) is 48.1 Å². The summed E-state index contributed by atoms with van der Waals surface area (Å²) in [5, 5.41) is 0. The number of nitrogen functional groups attached to an aromatic ring is 1. The Bertz CT molecular complexity index is 560. The van der Waals surface area contributed by atoms with Gasteiger partial charge in [-0.1, -0.05) is 15.9 Å². The van der Waals surface area contributed by atoms with E-state index in [-0.39, 0.29) is 5.75 Å². The van der Waals surface area contributed by atoms with E-state index in [1.807, 2.05) is 0 Å². The molecule has 17 heavy (non-hydrogen) atoms. The zero-order valence-electron chi connectivity index (χ0n) is 9.08. The van der Waals surface area contributed by atoms with Gasteiger partial charge in [-0.05, 0) is 31.2 Å². The fourth-order valence-corrected chi connectivity index (χ4v) is 1.61. The van der Waals surface area contributed by atoms with Crippen molar-refractivity contribution in [3.05, 3.63) is 46.3 Å². The number of rotatable bonds is 2. The van der Waals surface area contributed by atoms with Crippen LogP contribution in [0.2, 0.25) is 0 Å². The van der Waals surface area contributed by atoms with Crippen LogP contribution in [0.5, 0.6) is 11.6 Å². The van der Waals surface area contributed by atoms with Gasteiger partial charge < -0.3 is 10.5 Å². The highest BCUT2D eigenvalue weighted by Crippen LogP contribution is 2.26. The molecule has 0 saturated carbocycles. The van der Waals surface area contributed by atoms with Gasteiger partial charge in [0, 0.05) is 10.5 Å². The number of hydrogen-bond acceptors (Lipinski definition) is 3. The Hall–Kier alpha value is -1.62. The molecule has 0 fully saturated rings. The van der Waals surface area contributed by atoms with Gasteiger partial charge in [0.15, 0.2) is 11.6 Å². The first kappa shape index (κ1) is 11.9. The normalized spacial score (nSPS) is 10.3. The van der Waals surface area contributed by atoms with Crippen molar-refractivity contribution in [3.8, 4) is 11.6 Å². The lowest BCUT2D eigenvalue weighted by Gasteiger charge is -2.07. The molecule has 0 aliphatic heterocycles. The van der Waals surface area contributed by atoms with Crippen LogP contribution in [0.3, 0.4) is 0 Å². The average molecular weight is 297 g/mol. The first-order chi connectivity index (χ1) is 8.06. The van der Waals surface area contributed by atoms with Crippen molar-refractivity contribution in [2.24, 2.45) is 0 Å². The van der Waals surface area contributed by atoms with Crippen LogP contribution < -0.4 is 10.5 Å². The molecule has 2 rings (SSSR count). The standard InChI is InChI=1S/C12H10BrFN2O/c1-7-10(15)3-5-12(16-7)17-11-4-2-8(13)6-9(11)14/h2-6H,15H2,1H3. The second-order valence-corrected chi connectivity index (χ2v) is 4.42. The SMILES string of the molecule is Cc1nc(Oc2ccc(Br)cc2F)ccc1N. The molecular formula is C12H10BrFN2O. The molecule has 0 atom stereocenters. The van der Waals surface area contributed by atoms with E-state index in [1.165, 1.54) is 12.1 Å². The summed E-state index contributed by atoms with van der Waals surface area (Å²) in [5.41, 5.74) is 6.86. The van der Waals surface area contributed by atoms with E-state index >= 15 is 0 Å². The molecule has 1 aromatic heterocycles. The zero-order valence-corrected chi connectivity index (χ0v) is 10.7. The first-order valence-electron chi connectivity index (χ1n) is 4.92. The van der Waals surface area contributed by atoms with Gasteiger partial charge in [0.2, 0.25) is 5.88 Å². The summed E-state index contributed by atoms with van der Waals surface area (Å²) in [7, 11) is 0. The summed E-state index contributed by atoms with van der Waals surface area (Å²) in [6, 6.07) is 7.84. The lowest BCUT2D eigenvalue weighted by molar-refractivity contribution is 0.426. The van der Waals surface area contributed by atoms with Gasteiger partial charge >= 0.3 is 0 Å². The zero-order chi connectivity index (χ0) is 12.4. The van der Waals surface area contributed by atoms with Gasteiger partial charge in [-0.2, -0.15) is 0 Å². The van der Waals surface area contributed by atoms with Crippen LogP contribution in [-0.2, 0) is 0 Å². The quantitative estimate of drug-likeness (QED) is 0.920. The number of aromatic nitrogens is 1. The Morgan fingerprint density at radius 2 is 2.06 bits per heavy atom. The summed E-state index contributed by atoms with van der Waals surface area (Å²) in [6.07, 6.45) is 0. The monoisotopic (exact) mass is 296 g/mol. The summed E-state index contributed by atoms with van der Waals surface area (Å²) in [5.74, 6) is -0.00144. The van der Waals surface area contributed by atoms with Crippen LogP contribution in [0.15, 0.2) is 34.8 Å². The fraction of sp³-hybridized carbons (Fsp3) is 0.0833. The fourth-order valence-electron chi connectivity index (χ4n) is 1.28. The highest BCUT2D eigenvalue weighted by atomic mass is 79.9. The molecule has 2 aromatic rings. The maximum Gasteiger partial charge on any atom is 0.219 e. The number of hydrogen-bond donors (Lipinski definition) is 1. The van der Waals surface area contributed by atoms with E-state index in [9.17, 15) is 4.39 Å². The first-order valence-corrected chi connectivity index (χ1v) is 5.71. The Morgan fingerprint density at radius 1 is 1.29 bits per heavy atom. The van der Waals surface area contributed by atoms with Gasteiger partial charge in [-0.3, -0.25) is 0 Å². The van der Waals surface area contributed by atoms with E-state index in [0.717, 1.165) is 0 Å². The molecule has 0 bridgehead atoms. The van der Waals surface area contributed by atoms with E-state index in [2.05, 4.69) is 20.9 Å². The number of benzene rings is 1. The van der Waals surface area contributed by atoms with Gasteiger partial charge in [-0.15, -0.1) is 0 Å². The predicted octanol–water partition coefficient (Wildman–Crippen LogP) is 3.67.